The second-order valence-corrected chi connectivity index (χ2v) is 4.48. The van der Waals surface area contributed by atoms with Crippen molar-refractivity contribution in [3.8, 4) is 0 Å². The largest absolute Gasteiger partial charge is 0.393 e. The van der Waals surface area contributed by atoms with Gasteiger partial charge < -0.3 is 10.4 Å². The molecule has 0 fully saturated rings. The molecule has 18 heavy (non-hydrogen) atoms. The van der Waals surface area contributed by atoms with E-state index < -0.39 is 11.9 Å². The zero-order chi connectivity index (χ0) is 13.5. The van der Waals surface area contributed by atoms with Crippen molar-refractivity contribution in [1.82, 2.24) is 5.32 Å². The lowest BCUT2D eigenvalue weighted by Gasteiger charge is -2.09. The minimum Gasteiger partial charge on any atom is -0.393 e. The van der Waals surface area contributed by atoms with Crippen LogP contribution in [0.5, 0.6) is 0 Å². The second-order valence-electron chi connectivity index (χ2n) is 4.08. The summed E-state index contributed by atoms with van der Waals surface area (Å²) in [7, 11) is 0. The van der Waals surface area contributed by atoms with E-state index >= 15 is 0 Å². The molecule has 0 bridgehead atoms. The van der Waals surface area contributed by atoms with E-state index in [2.05, 4.69) is 5.32 Å². The molecular formula is C13H17ClFNO2. The van der Waals surface area contributed by atoms with E-state index in [0.29, 0.717) is 19.4 Å². The van der Waals surface area contributed by atoms with Gasteiger partial charge in [-0.2, -0.15) is 0 Å². The SMILES string of the molecule is CCC(O)CCNC(=O)Cc1c(F)cccc1Cl. The maximum Gasteiger partial charge on any atom is 0.224 e. The summed E-state index contributed by atoms with van der Waals surface area (Å²) in [6.07, 6.45) is 0.637. The Morgan fingerprint density at radius 1 is 1.56 bits per heavy atom. The predicted molar refractivity (Wildman–Crippen MR) is 69.0 cm³/mol. The lowest BCUT2D eigenvalue weighted by molar-refractivity contribution is -0.120. The first kappa shape index (κ1) is 14.9. The van der Waals surface area contributed by atoms with Crippen molar-refractivity contribution < 1.29 is 14.3 Å². The first-order valence-corrected chi connectivity index (χ1v) is 6.30. The van der Waals surface area contributed by atoms with Gasteiger partial charge in [-0.25, -0.2) is 4.39 Å². The fourth-order valence-corrected chi connectivity index (χ4v) is 1.74. The molecule has 5 heteroatoms. The average molecular weight is 274 g/mol. The summed E-state index contributed by atoms with van der Waals surface area (Å²) >= 11 is 5.82. The molecule has 0 aromatic heterocycles. The van der Waals surface area contributed by atoms with Gasteiger partial charge in [0.15, 0.2) is 0 Å². The van der Waals surface area contributed by atoms with Crippen LogP contribution in [0, 0.1) is 5.82 Å². The minimum absolute atomic E-state index is 0.0896. The van der Waals surface area contributed by atoms with E-state index in [4.69, 9.17) is 11.6 Å². The molecule has 0 heterocycles. The molecule has 2 N–H and O–H groups in total. The minimum atomic E-state index is -0.480. The number of rotatable bonds is 6. The van der Waals surface area contributed by atoms with Crippen LogP contribution in [-0.2, 0) is 11.2 Å². The Kier molecular flexibility index (Phi) is 6.09. The third-order valence-corrected chi connectivity index (χ3v) is 3.02. The van der Waals surface area contributed by atoms with Gasteiger partial charge in [0.05, 0.1) is 12.5 Å². The molecule has 0 saturated heterocycles. The van der Waals surface area contributed by atoms with Gasteiger partial charge >= 0.3 is 0 Å². The van der Waals surface area contributed by atoms with Gasteiger partial charge in [0.25, 0.3) is 0 Å². The Hall–Kier alpha value is -1.13. The van der Waals surface area contributed by atoms with Crippen molar-refractivity contribution in [2.24, 2.45) is 0 Å². The Bertz CT molecular complexity index is 392. The summed E-state index contributed by atoms with van der Waals surface area (Å²) < 4.78 is 13.4. The van der Waals surface area contributed by atoms with Crippen LogP contribution in [-0.4, -0.2) is 23.7 Å². The van der Waals surface area contributed by atoms with E-state index in [0.717, 1.165) is 0 Å². The molecular weight excluding hydrogens is 257 g/mol. The zero-order valence-corrected chi connectivity index (χ0v) is 11.0. The van der Waals surface area contributed by atoms with Gasteiger partial charge in [0.2, 0.25) is 5.91 Å². The summed E-state index contributed by atoms with van der Waals surface area (Å²) in [6, 6.07) is 4.32. The fraction of sp³-hybridized carbons (Fsp3) is 0.462. The summed E-state index contributed by atoms with van der Waals surface area (Å²) in [6.45, 7) is 2.24. The molecule has 0 aliphatic heterocycles. The number of nitrogens with one attached hydrogen (secondary N) is 1. The van der Waals surface area contributed by atoms with E-state index in [1.54, 1.807) is 6.07 Å². The number of halogens is 2. The summed E-state index contributed by atoms with van der Waals surface area (Å²) in [5.74, 6) is -0.781. The lowest BCUT2D eigenvalue weighted by Crippen LogP contribution is -2.28. The fourth-order valence-electron chi connectivity index (χ4n) is 1.51. The molecule has 1 amide bonds. The van der Waals surface area contributed by atoms with Crippen LogP contribution in [0.15, 0.2) is 18.2 Å². The van der Waals surface area contributed by atoms with Gasteiger partial charge in [-0.05, 0) is 25.0 Å². The molecule has 1 aromatic rings. The van der Waals surface area contributed by atoms with Crippen LogP contribution in [0.2, 0.25) is 5.02 Å². The van der Waals surface area contributed by atoms with Crippen molar-refractivity contribution in [2.45, 2.75) is 32.3 Å². The summed E-state index contributed by atoms with van der Waals surface area (Å²) in [5.41, 5.74) is 0.202. The number of amides is 1. The Balaban J connectivity index is 2.45. The normalized spacial score (nSPS) is 12.2. The van der Waals surface area contributed by atoms with E-state index in [1.165, 1.54) is 12.1 Å². The summed E-state index contributed by atoms with van der Waals surface area (Å²) in [4.78, 5) is 11.6. The molecule has 0 aliphatic rings. The van der Waals surface area contributed by atoms with Gasteiger partial charge in [-0.1, -0.05) is 24.6 Å². The molecule has 0 aliphatic carbocycles. The van der Waals surface area contributed by atoms with Crippen LogP contribution < -0.4 is 5.32 Å². The predicted octanol–water partition coefficient (Wildman–Crippen LogP) is 2.30. The maximum atomic E-state index is 13.4. The molecule has 0 saturated carbocycles. The first-order chi connectivity index (χ1) is 8.54. The van der Waals surface area contributed by atoms with Gasteiger partial charge in [0.1, 0.15) is 5.82 Å². The van der Waals surface area contributed by atoms with Crippen LogP contribution in [0.25, 0.3) is 0 Å². The number of aliphatic hydroxyl groups is 1. The number of aliphatic hydroxyl groups excluding tert-OH is 1. The number of benzene rings is 1. The standard InChI is InChI=1S/C13H17ClFNO2/c1-2-9(17)6-7-16-13(18)8-10-11(14)4-3-5-12(10)15/h3-5,9,17H,2,6-8H2,1H3,(H,16,18). The van der Waals surface area contributed by atoms with E-state index in [1.807, 2.05) is 6.92 Å². The van der Waals surface area contributed by atoms with Gasteiger partial charge in [0, 0.05) is 17.1 Å². The third-order valence-electron chi connectivity index (χ3n) is 2.67. The van der Waals surface area contributed by atoms with Crippen molar-refractivity contribution >= 4 is 17.5 Å². The zero-order valence-electron chi connectivity index (χ0n) is 10.2. The number of carbonyl (C=O) groups excluding carboxylic acids is 1. The van der Waals surface area contributed by atoms with E-state index in [-0.39, 0.29) is 22.9 Å². The number of hydrogen-bond acceptors (Lipinski definition) is 2. The van der Waals surface area contributed by atoms with Crippen LogP contribution in [0.4, 0.5) is 4.39 Å². The maximum absolute atomic E-state index is 13.4. The molecule has 3 nitrogen and oxygen atoms in total. The molecule has 1 atom stereocenters. The quantitative estimate of drug-likeness (QED) is 0.836. The lowest BCUT2D eigenvalue weighted by atomic mass is 10.1. The Morgan fingerprint density at radius 2 is 2.28 bits per heavy atom. The molecule has 100 valence electrons. The second kappa shape index (κ2) is 7.34. The highest BCUT2D eigenvalue weighted by Gasteiger charge is 2.11. The molecule has 1 rings (SSSR count). The van der Waals surface area contributed by atoms with Crippen molar-refractivity contribution in [2.75, 3.05) is 6.54 Å². The number of carbonyl (C=O) groups is 1. The topological polar surface area (TPSA) is 49.3 Å². The van der Waals surface area contributed by atoms with E-state index in [9.17, 15) is 14.3 Å². The molecule has 0 spiro atoms. The smallest absolute Gasteiger partial charge is 0.224 e. The molecule has 1 unspecified atom stereocenters. The Labute approximate surface area is 111 Å². The highest BCUT2D eigenvalue weighted by molar-refractivity contribution is 6.31. The van der Waals surface area contributed by atoms with Crippen LogP contribution in [0.3, 0.4) is 0 Å². The highest BCUT2D eigenvalue weighted by Crippen LogP contribution is 2.19. The molecule has 1 aromatic carbocycles. The van der Waals surface area contributed by atoms with Crippen molar-refractivity contribution in [1.29, 1.82) is 0 Å². The van der Waals surface area contributed by atoms with Crippen LogP contribution >= 0.6 is 11.6 Å². The monoisotopic (exact) mass is 273 g/mol. The molecule has 0 radical (unpaired) electrons. The number of hydrogen-bond donors (Lipinski definition) is 2. The van der Waals surface area contributed by atoms with Gasteiger partial charge in [-0.3, -0.25) is 4.79 Å². The average Bonchev–Trinajstić information content (AvgIpc) is 2.34. The van der Waals surface area contributed by atoms with Crippen LogP contribution in [0.1, 0.15) is 25.3 Å². The van der Waals surface area contributed by atoms with Gasteiger partial charge in [-0.15, -0.1) is 0 Å². The van der Waals surface area contributed by atoms with Crippen molar-refractivity contribution in [3.63, 3.8) is 0 Å². The van der Waals surface area contributed by atoms with Crippen molar-refractivity contribution in [3.05, 3.63) is 34.6 Å². The summed E-state index contributed by atoms with van der Waals surface area (Å²) in [5, 5.41) is 12.2. The third kappa shape index (κ3) is 4.63. The highest BCUT2D eigenvalue weighted by atomic mass is 35.5. The first-order valence-electron chi connectivity index (χ1n) is 5.92. The Morgan fingerprint density at radius 3 is 2.89 bits per heavy atom.